The fourth-order valence-corrected chi connectivity index (χ4v) is 1.64. The van der Waals surface area contributed by atoms with Gasteiger partial charge in [0, 0.05) is 10.7 Å². The molecule has 0 bridgehead atoms. The summed E-state index contributed by atoms with van der Waals surface area (Å²) >= 11 is 2.98. The average molecular weight is 310 g/mol. The lowest BCUT2D eigenvalue weighted by atomic mass is 10.1. The van der Waals surface area contributed by atoms with Gasteiger partial charge in [-0.25, -0.2) is 9.18 Å². The average Bonchev–Trinajstić information content (AvgIpc) is 2.34. The van der Waals surface area contributed by atoms with E-state index in [0.29, 0.717) is 0 Å². The van der Waals surface area contributed by atoms with Gasteiger partial charge in [-0.15, -0.1) is 0 Å². The molecule has 0 spiro atoms. The van der Waals surface area contributed by atoms with E-state index in [9.17, 15) is 9.18 Å². The molecule has 0 amide bonds. The van der Waals surface area contributed by atoms with E-state index in [-0.39, 0.29) is 21.3 Å². The summed E-state index contributed by atoms with van der Waals surface area (Å²) in [6.45, 7) is 0. The molecular weight excluding hydrogens is 305 g/mol. The van der Waals surface area contributed by atoms with Crippen LogP contribution < -0.4 is 5.32 Å². The molecule has 90 valence electrons. The van der Waals surface area contributed by atoms with Crippen LogP contribution in [0.5, 0.6) is 0 Å². The number of nitrogens with one attached hydrogen (secondary N) is 1. The third-order valence-electron chi connectivity index (χ3n) is 1.92. The number of halogens is 2. The molecule has 0 fully saturated rings. The van der Waals surface area contributed by atoms with Gasteiger partial charge in [0.15, 0.2) is 0 Å². The monoisotopic (exact) mass is 309 g/mol. The molecular formula is C11H5BrFN3O2. The number of carbonyl (C=O) groups is 1. The van der Waals surface area contributed by atoms with Crippen molar-refractivity contribution in [2.45, 2.75) is 0 Å². The Morgan fingerprint density at radius 3 is 2.56 bits per heavy atom. The number of carboxylic acid groups (broad SMARTS) is 1. The van der Waals surface area contributed by atoms with E-state index in [4.69, 9.17) is 15.6 Å². The molecule has 0 radical (unpaired) electrons. The molecule has 0 aliphatic rings. The van der Waals surface area contributed by atoms with Gasteiger partial charge in [0.2, 0.25) is 0 Å². The maximum Gasteiger partial charge on any atom is 0.339 e. The van der Waals surface area contributed by atoms with Crippen molar-refractivity contribution in [3.05, 3.63) is 39.8 Å². The largest absolute Gasteiger partial charge is 0.478 e. The van der Waals surface area contributed by atoms with Crippen molar-refractivity contribution in [2.24, 2.45) is 0 Å². The van der Waals surface area contributed by atoms with E-state index in [2.05, 4.69) is 21.2 Å². The third kappa shape index (κ3) is 2.84. The number of benzene rings is 1. The van der Waals surface area contributed by atoms with E-state index >= 15 is 0 Å². The number of hydrogen-bond acceptors (Lipinski definition) is 4. The van der Waals surface area contributed by atoms with Gasteiger partial charge in [0.25, 0.3) is 0 Å². The molecule has 18 heavy (non-hydrogen) atoms. The first-order valence-electron chi connectivity index (χ1n) is 4.49. The number of allylic oxidation sites excluding steroid dienone is 1. The lowest BCUT2D eigenvalue weighted by Gasteiger charge is -2.08. The molecule has 7 heteroatoms. The van der Waals surface area contributed by atoms with Gasteiger partial charge in [-0.2, -0.15) is 10.5 Å². The normalized spacial score (nSPS) is 8.89. The van der Waals surface area contributed by atoms with Crippen molar-refractivity contribution < 1.29 is 14.3 Å². The van der Waals surface area contributed by atoms with Crippen LogP contribution in [0.4, 0.5) is 10.1 Å². The SMILES string of the molecule is N#CC(C#N)=CNc1c(F)ccc(Br)c1C(=O)O. The highest BCUT2D eigenvalue weighted by Crippen LogP contribution is 2.28. The summed E-state index contributed by atoms with van der Waals surface area (Å²) in [7, 11) is 0. The molecule has 1 aromatic rings. The van der Waals surface area contributed by atoms with Gasteiger partial charge in [-0.3, -0.25) is 0 Å². The maximum absolute atomic E-state index is 13.5. The van der Waals surface area contributed by atoms with Crippen LogP contribution in [0, 0.1) is 28.5 Å². The zero-order chi connectivity index (χ0) is 13.7. The summed E-state index contributed by atoms with van der Waals surface area (Å²) < 4.78 is 13.7. The Kier molecular flexibility index (Phi) is 4.41. The quantitative estimate of drug-likeness (QED) is 0.836. The molecule has 0 saturated heterocycles. The van der Waals surface area contributed by atoms with Crippen LogP contribution in [-0.2, 0) is 0 Å². The Labute approximate surface area is 110 Å². The lowest BCUT2D eigenvalue weighted by Crippen LogP contribution is -2.06. The molecule has 0 aliphatic carbocycles. The predicted molar refractivity (Wildman–Crippen MR) is 64.0 cm³/mol. The van der Waals surface area contributed by atoms with Gasteiger partial charge in [-0.1, -0.05) is 0 Å². The number of aromatic carboxylic acids is 1. The van der Waals surface area contributed by atoms with Crippen LogP contribution in [0.15, 0.2) is 28.4 Å². The first kappa shape index (κ1) is 13.7. The van der Waals surface area contributed by atoms with Gasteiger partial charge in [-0.05, 0) is 28.1 Å². The van der Waals surface area contributed by atoms with Crippen molar-refractivity contribution in [2.75, 3.05) is 5.32 Å². The van der Waals surface area contributed by atoms with Gasteiger partial charge in [0.1, 0.15) is 29.1 Å². The van der Waals surface area contributed by atoms with Crippen molar-refractivity contribution >= 4 is 27.6 Å². The number of nitrogens with zero attached hydrogens (tertiary/aromatic N) is 2. The second-order valence-electron chi connectivity index (χ2n) is 3.01. The highest BCUT2D eigenvalue weighted by atomic mass is 79.9. The van der Waals surface area contributed by atoms with Gasteiger partial charge < -0.3 is 10.4 Å². The molecule has 0 unspecified atom stereocenters. The number of anilines is 1. The predicted octanol–water partition coefficient (Wildman–Crippen LogP) is 2.63. The summed E-state index contributed by atoms with van der Waals surface area (Å²) in [4.78, 5) is 11.0. The number of rotatable bonds is 3. The van der Waals surface area contributed by atoms with E-state index in [1.165, 1.54) is 6.07 Å². The summed E-state index contributed by atoms with van der Waals surface area (Å²) in [6, 6.07) is 5.44. The molecule has 0 aliphatic heterocycles. The maximum atomic E-state index is 13.5. The Bertz CT molecular complexity index is 598. The van der Waals surface area contributed by atoms with Crippen LogP contribution in [0.2, 0.25) is 0 Å². The lowest BCUT2D eigenvalue weighted by molar-refractivity contribution is 0.0696. The minimum Gasteiger partial charge on any atom is -0.478 e. The molecule has 0 saturated carbocycles. The molecule has 0 atom stereocenters. The summed E-state index contributed by atoms with van der Waals surface area (Å²) in [5.41, 5.74) is -0.938. The molecule has 1 aromatic carbocycles. The Balaban J connectivity index is 3.30. The Hall–Kier alpha value is -2.38. The summed E-state index contributed by atoms with van der Waals surface area (Å²) in [5.74, 6) is -2.14. The molecule has 5 nitrogen and oxygen atoms in total. The fraction of sp³-hybridized carbons (Fsp3) is 0. The second kappa shape index (κ2) is 5.80. The molecule has 2 N–H and O–H groups in total. The minimum absolute atomic E-state index is 0.183. The van der Waals surface area contributed by atoms with Crippen LogP contribution in [0.1, 0.15) is 10.4 Å². The van der Waals surface area contributed by atoms with Crippen LogP contribution in [-0.4, -0.2) is 11.1 Å². The van der Waals surface area contributed by atoms with Crippen molar-refractivity contribution in [3.63, 3.8) is 0 Å². The Morgan fingerprint density at radius 1 is 1.44 bits per heavy atom. The second-order valence-corrected chi connectivity index (χ2v) is 3.86. The molecule has 0 heterocycles. The Morgan fingerprint density at radius 2 is 2.06 bits per heavy atom. The van der Waals surface area contributed by atoms with E-state index in [1.807, 2.05) is 0 Å². The number of hydrogen-bond donors (Lipinski definition) is 2. The first-order valence-corrected chi connectivity index (χ1v) is 5.28. The smallest absolute Gasteiger partial charge is 0.339 e. The van der Waals surface area contributed by atoms with E-state index in [1.54, 1.807) is 12.1 Å². The minimum atomic E-state index is -1.34. The van der Waals surface area contributed by atoms with Crippen LogP contribution >= 0.6 is 15.9 Å². The van der Waals surface area contributed by atoms with E-state index < -0.39 is 11.8 Å². The zero-order valence-corrected chi connectivity index (χ0v) is 10.3. The number of nitriles is 2. The first-order chi connectivity index (χ1) is 8.51. The van der Waals surface area contributed by atoms with Gasteiger partial charge >= 0.3 is 5.97 Å². The zero-order valence-electron chi connectivity index (χ0n) is 8.74. The number of carboxylic acids is 1. The molecule has 0 aromatic heterocycles. The van der Waals surface area contributed by atoms with Crippen molar-refractivity contribution in [3.8, 4) is 12.1 Å². The fourth-order valence-electron chi connectivity index (χ4n) is 1.14. The summed E-state index contributed by atoms with van der Waals surface area (Å²) in [6.07, 6.45) is 0.942. The van der Waals surface area contributed by atoms with Crippen LogP contribution in [0.25, 0.3) is 0 Å². The van der Waals surface area contributed by atoms with Crippen LogP contribution in [0.3, 0.4) is 0 Å². The standard InChI is InChI=1S/C11H5BrFN3O2/c12-7-1-2-8(13)10(9(7)11(17)18)16-5-6(3-14)4-15/h1-2,5,16H,(H,17,18). The highest BCUT2D eigenvalue weighted by Gasteiger charge is 2.17. The highest BCUT2D eigenvalue weighted by molar-refractivity contribution is 9.10. The summed E-state index contributed by atoms with van der Waals surface area (Å²) in [5, 5.41) is 28.3. The van der Waals surface area contributed by atoms with Gasteiger partial charge in [0.05, 0.1) is 5.69 Å². The van der Waals surface area contributed by atoms with E-state index in [0.717, 1.165) is 12.3 Å². The topological polar surface area (TPSA) is 96.9 Å². The van der Waals surface area contributed by atoms with Crippen molar-refractivity contribution in [1.29, 1.82) is 10.5 Å². The van der Waals surface area contributed by atoms with Crippen molar-refractivity contribution in [1.82, 2.24) is 0 Å². The molecule has 1 rings (SSSR count). The third-order valence-corrected chi connectivity index (χ3v) is 2.58.